The third-order valence-corrected chi connectivity index (χ3v) is 3.23. The van der Waals surface area contributed by atoms with Gasteiger partial charge in [-0.15, -0.1) is 0 Å². The number of Topliss-reactive ketones (excluding diaryl/α,β-unsaturated/α-hetero) is 1. The van der Waals surface area contributed by atoms with E-state index in [9.17, 15) is 9.18 Å². The minimum absolute atomic E-state index is 0.152. The Kier molecular flexibility index (Phi) is 3.03. The highest BCUT2D eigenvalue weighted by Crippen LogP contribution is 2.28. The third-order valence-electron chi connectivity index (χ3n) is 3.23. The summed E-state index contributed by atoms with van der Waals surface area (Å²) in [5.74, 6) is -0.119. The first-order chi connectivity index (χ1) is 9.24. The van der Waals surface area contributed by atoms with Gasteiger partial charge >= 0.3 is 0 Å². The van der Waals surface area contributed by atoms with E-state index in [1.54, 1.807) is 0 Å². The molecule has 0 aromatic heterocycles. The van der Waals surface area contributed by atoms with Crippen molar-refractivity contribution in [1.82, 2.24) is 0 Å². The summed E-state index contributed by atoms with van der Waals surface area (Å²) in [5.41, 5.74) is 1.88. The summed E-state index contributed by atoms with van der Waals surface area (Å²) < 4.78 is 18.7. The van der Waals surface area contributed by atoms with Crippen LogP contribution < -0.4 is 4.74 Å². The summed E-state index contributed by atoms with van der Waals surface area (Å²) in [6.07, 6.45) is 9.99. The summed E-state index contributed by atoms with van der Waals surface area (Å²) in [6.45, 7) is 0.239. The molecule has 0 bridgehead atoms. The summed E-state index contributed by atoms with van der Waals surface area (Å²) >= 11 is 0. The average Bonchev–Trinajstić information content (AvgIpc) is 2.44. The zero-order chi connectivity index (χ0) is 13.2. The molecule has 0 spiro atoms. The van der Waals surface area contributed by atoms with Gasteiger partial charge in [0.15, 0.2) is 5.78 Å². The zero-order valence-electron chi connectivity index (χ0n) is 10.4. The molecule has 1 heterocycles. The Bertz CT molecular complexity index is 624. The van der Waals surface area contributed by atoms with E-state index in [1.165, 1.54) is 18.2 Å². The Labute approximate surface area is 110 Å². The number of ether oxygens (including phenoxy) is 1. The van der Waals surface area contributed by atoms with Gasteiger partial charge < -0.3 is 4.74 Å². The molecule has 0 saturated heterocycles. The van der Waals surface area contributed by atoms with E-state index < -0.39 is 5.82 Å². The van der Waals surface area contributed by atoms with Gasteiger partial charge in [0.2, 0.25) is 0 Å². The zero-order valence-corrected chi connectivity index (χ0v) is 10.4. The van der Waals surface area contributed by atoms with Gasteiger partial charge in [0.1, 0.15) is 18.2 Å². The van der Waals surface area contributed by atoms with E-state index in [0.717, 1.165) is 18.4 Å². The predicted molar refractivity (Wildman–Crippen MR) is 70.8 cm³/mol. The number of halogens is 1. The first-order valence-corrected chi connectivity index (χ1v) is 6.28. The molecule has 0 amide bonds. The van der Waals surface area contributed by atoms with Crippen molar-refractivity contribution in [2.45, 2.75) is 12.8 Å². The van der Waals surface area contributed by atoms with Crippen LogP contribution in [0.5, 0.6) is 5.75 Å². The highest BCUT2D eigenvalue weighted by Gasteiger charge is 2.23. The Morgan fingerprint density at radius 1 is 1.26 bits per heavy atom. The average molecular weight is 256 g/mol. The van der Waals surface area contributed by atoms with E-state index in [1.807, 2.05) is 12.2 Å². The minimum Gasteiger partial charge on any atom is -0.488 e. The van der Waals surface area contributed by atoms with Gasteiger partial charge in [-0.3, -0.25) is 4.79 Å². The molecule has 2 aliphatic rings. The molecule has 1 aliphatic carbocycles. The molecule has 1 aromatic rings. The van der Waals surface area contributed by atoms with Gasteiger partial charge in [-0.05, 0) is 42.7 Å². The van der Waals surface area contributed by atoms with Crippen LogP contribution in [0.2, 0.25) is 0 Å². The summed E-state index contributed by atoms with van der Waals surface area (Å²) in [7, 11) is 0. The molecule has 0 N–H and O–H groups in total. The number of hydrogen-bond acceptors (Lipinski definition) is 2. The Morgan fingerprint density at radius 3 is 2.95 bits per heavy atom. The minimum atomic E-state index is -0.422. The molecule has 0 unspecified atom stereocenters. The normalized spacial score (nSPS) is 19.9. The maximum absolute atomic E-state index is 13.2. The SMILES string of the molecule is O=C1/C(=C/C2=CCCC=C2)COc2ccc(F)cc21. The Morgan fingerprint density at radius 2 is 2.16 bits per heavy atom. The molecule has 0 atom stereocenters. The molecule has 0 fully saturated rings. The van der Waals surface area contributed by atoms with E-state index in [-0.39, 0.29) is 12.4 Å². The van der Waals surface area contributed by atoms with Gasteiger partial charge in [0.05, 0.1) is 5.56 Å². The predicted octanol–water partition coefficient (Wildman–Crippen LogP) is 3.60. The lowest BCUT2D eigenvalue weighted by Crippen LogP contribution is -2.19. The molecule has 2 nitrogen and oxygen atoms in total. The largest absolute Gasteiger partial charge is 0.488 e. The number of hydrogen-bond donors (Lipinski definition) is 0. The lowest BCUT2D eigenvalue weighted by Gasteiger charge is -2.19. The number of rotatable bonds is 1. The lowest BCUT2D eigenvalue weighted by atomic mass is 9.97. The van der Waals surface area contributed by atoms with Crippen LogP contribution in [0.4, 0.5) is 4.39 Å². The van der Waals surface area contributed by atoms with Crippen molar-refractivity contribution in [3.05, 3.63) is 65.0 Å². The fourth-order valence-electron chi connectivity index (χ4n) is 2.25. The Hall–Kier alpha value is -2.16. The van der Waals surface area contributed by atoms with Gasteiger partial charge in [0, 0.05) is 5.57 Å². The molecule has 3 heteroatoms. The number of allylic oxidation sites excluding steroid dienone is 5. The highest BCUT2D eigenvalue weighted by atomic mass is 19.1. The van der Waals surface area contributed by atoms with E-state index in [0.29, 0.717) is 16.9 Å². The Balaban J connectivity index is 1.95. The number of ketones is 1. The maximum Gasteiger partial charge on any atom is 0.196 e. The molecule has 19 heavy (non-hydrogen) atoms. The van der Waals surface area contributed by atoms with E-state index >= 15 is 0 Å². The van der Waals surface area contributed by atoms with Crippen molar-refractivity contribution in [1.29, 1.82) is 0 Å². The molecule has 96 valence electrons. The van der Waals surface area contributed by atoms with Crippen molar-refractivity contribution in [3.63, 3.8) is 0 Å². The summed E-state index contributed by atoms with van der Waals surface area (Å²) in [5, 5.41) is 0. The molecular formula is C16H13FO2. The van der Waals surface area contributed by atoms with Crippen molar-refractivity contribution < 1.29 is 13.9 Å². The van der Waals surface area contributed by atoms with Crippen LogP contribution >= 0.6 is 0 Å². The standard InChI is InChI=1S/C16H13FO2/c17-13-6-7-15-14(9-13)16(18)12(10-19-15)8-11-4-2-1-3-5-11/h2,4-9H,1,3,10H2/b12-8+. The molecule has 0 radical (unpaired) electrons. The molecular weight excluding hydrogens is 243 g/mol. The van der Waals surface area contributed by atoms with Crippen LogP contribution in [0.1, 0.15) is 23.2 Å². The molecule has 1 aliphatic heterocycles. The third kappa shape index (κ3) is 2.36. The monoisotopic (exact) mass is 256 g/mol. The first-order valence-electron chi connectivity index (χ1n) is 6.28. The molecule has 0 saturated carbocycles. The second-order valence-corrected chi connectivity index (χ2v) is 4.61. The van der Waals surface area contributed by atoms with E-state index in [2.05, 4.69) is 12.2 Å². The maximum atomic E-state index is 13.2. The van der Waals surface area contributed by atoms with Gasteiger partial charge in [-0.2, -0.15) is 0 Å². The fraction of sp³-hybridized carbons (Fsp3) is 0.188. The second-order valence-electron chi connectivity index (χ2n) is 4.61. The fourth-order valence-corrected chi connectivity index (χ4v) is 2.25. The quantitative estimate of drug-likeness (QED) is 0.717. The van der Waals surface area contributed by atoms with Crippen LogP contribution in [0, 0.1) is 5.82 Å². The van der Waals surface area contributed by atoms with Crippen molar-refractivity contribution in [3.8, 4) is 5.75 Å². The molecule has 3 rings (SSSR count). The van der Waals surface area contributed by atoms with Crippen LogP contribution in [0.3, 0.4) is 0 Å². The number of carbonyl (C=O) groups is 1. The summed E-state index contributed by atoms with van der Waals surface area (Å²) in [4.78, 5) is 12.3. The number of fused-ring (bicyclic) bond motifs is 1. The van der Waals surface area contributed by atoms with Crippen molar-refractivity contribution >= 4 is 5.78 Å². The van der Waals surface area contributed by atoms with Crippen LogP contribution in [-0.4, -0.2) is 12.4 Å². The second kappa shape index (κ2) is 4.84. The highest BCUT2D eigenvalue weighted by molar-refractivity contribution is 6.11. The number of carbonyl (C=O) groups excluding carboxylic acids is 1. The van der Waals surface area contributed by atoms with Gasteiger partial charge in [-0.1, -0.05) is 18.2 Å². The van der Waals surface area contributed by atoms with E-state index in [4.69, 9.17) is 4.74 Å². The van der Waals surface area contributed by atoms with Gasteiger partial charge in [-0.25, -0.2) is 4.39 Å². The lowest BCUT2D eigenvalue weighted by molar-refractivity contribution is 0.0998. The smallest absolute Gasteiger partial charge is 0.196 e. The topological polar surface area (TPSA) is 26.3 Å². The van der Waals surface area contributed by atoms with Crippen LogP contribution in [0.25, 0.3) is 0 Å². The molecule has 1 aromatic carbocycles. The first kappa shape index (κ1) is 11.9. The van der Waals surface area contributed by atoms with Crippen LogP contribution in [0.15, 0.2) is 53.6 Å². The van der Waals surface area contributed by atoms with Crippen molar-refractivity contribution in [2.24, 2.45) is 0 Å². The van der Waals surface area contributed by atoms with Crippen molar-refractivity contribution in [2.75, 3.05) is 6.61 Å². The number of benzene rings is 1. The summed E-state index contributed by atoms with van der Waals surface area (Å²) in [6, 6.07) is 4.03. The van der Waals surface area contributed by atoms with Crippen LogP contribution in [-0.2, 0) is 0 Å². The van der Waals surface area contributed by atoms with Gasteiger partial charge in [0.25, 0.3) is 0 Å².